The minimum Gasteiger partial charge on any atom is -0.481 e. The van der Waals surface area contributed by atoms with Gasteiger partial charge in [0.15, 0.2) is 0 Å². The lowest BCUT2D eigenvalue weighted by Gasteiger charge is -2.21. The van der Waals surface area contributed by atoms with E-state index in [9.17, 15) is 14.7 Å². The Morgan fingerprint density at radius 1 is 1.10 bits per heavy atom. The summed E-state index contributed by atoms with van der Waals surface area (Å²) in [5.41, 5.74) is 0.926. The van der Waals surface area contributed by atoms with E-state index < -0.39 is 23.8 Å². The van der Waals surface area contributed by atoms with Crippen LogP contribution >= 0.6 is 0 Å². The maximum atomic E-state index is 12.2. The van der Waals surface area contributed by atoms with Gasteiger partial charge in [0.05, 0.1) is 17.5 Å². The van der Waals surface area contributed by atoms with Gasteiger partial charge in [0.25, 0.3) is 0 Å². The third kappa shape index (κ3) is 2.37. The summed E-state index contributed by atoms with van der Waals surface area (Å²) in [5, 5.41) is 13.2. The van der Waals surface area contributed by atoms with Gasteiger partial charge in [0.2, 0.25) is 0 Å². The molecule has 20 heavy (non-hydrogen) atoms. The molecular formula is C15H19NO4. The molecule has 0 spiro atoms. The number of hydrogen-bond donors (Lipinski definition) is 1. The van der Waals surface area contributed by atoms with Gasteiger partial charge in [-0.2, -0.15) is 0 Å². The highest BCUT2D eigenvalue weighted by atomic mass is 16.7. The average Bonchev–Trinajstić information content (AvgIpc) is 3.06. The average molecular weight is 277 g/mol. The summed E-state index contributed by atoms with van der Waals surface area (Å²) in [6.45, 7) is 0. The van der Waals surface area contributed by atoms with Crippen LogP contribution in [0.5, 0.6) is 0 Å². The summed E-state index contributed by atoms with van der Waals surface area (Å²) in [6.07, 6.45) is 9.75. The number of nitrogens with zero attached hydrogens (tertiary/aromatic N) is 1. The van der Waals surface area contributed by atoms with Crippen LogP contribution < -0.4 is 0 Å². The number of oxime groups is 1. The molecule has 0 aliphatic heterocycles. The molecule has 2 bridgehead atoms. The summed E-state index contributed by atoms with van der Waals surface area (Å²) in [6, 6.07) is 0. The summed E-state index contributed by atoms with van der Waals surface area (Å²) in [7, 11) is 0. The van der Waals surface area contributed by atoms with Crippen molar-refractivity contribution in [2.75, 3.05) is 0 Å². The molecule has 4 atom stereocenters. The lowest BCUT2D eigenvalue weighted by Crippen LogP contribution is -2.33. The van der Waals surface area contributed by atoms with E-state index in [1.54, 1.807) is 0 Å². The molecule has 3 aliphatic rings. The Morgan fingerprint density at radius 2 is 1.75 bits per heavy atom. The second-order valence-corrected chi connectivity index (χ2v) is 5.97. The Hall–Kier alpha value is -1.65. The van der Waals surface area contributed by atoms with Crippen molar-refractivity contribution in [2.45, 2.75) is 38.5 Å². The first-order chi connectivity index (χ1) is 9.66. The Labute approximate surface area is 117 Å². The fourth-order valence-corrected chi connectivity index (χ4v) is 3.70. The van der Waals surface area contributed by atoms with Crippen LogP contribution in [0.15, 0.2) is 17.3 Å². The number of aliphatic carboxylic acids is 1. The van der Waals surface area contributed by atoms with Crippen LogP contribution in [-0.2, 0) is 14.4 Å². The molecule has 3 rings (SSSR count). The SMILES string of the molecule is O=C(O)[C@H]1[C@H](C(=O)ON=C2CCCCC2)[C@H]2C=C[C@H]1C2. The van der Waals surface area contributed by atoms with E-state index in [1.807, 2.05) is 12.2 Å². The van der Waals surface area contributed by atoms with Crippen molar-refractivity contribution in [3.63, 3.8) is 0 Å². The summed E-state index contributed by atoms with van der Waals surface area (Å²) in [5.74, 6) is -2.64. The molecule has 108 valence electrons. The minimum absolute atomic E-state index is 0.000144. The summed E-state index contributed by atoms with van der Waals surface area (Å²) in [4.78, 5) is 28.6. The van der Waals surface area contributed by atoms with E-state index in [0.717, 1.165) is 37.8 Å². The van der Waals surface area contributed by atoms with Gasteiger partial charge in [0, 0.05) is 0 Å². The quantitative estimate of drug-likeness (QED) is 0.488. The van der Waals surface area contributed by atoms with Crippen LogP contribution in [0.3, 0.4) is 0 Å². The number of hydrogen-bond acceptors (Lipinski definition) is 4. The van der Waals surface area contributed by atoms with Crippen molar-refractivity contribution in [1.82, 2.24) is 0 Å². The van der Waals surface area contributed by atoms with Gasteiger partial charge in [-0.05, 0) is 43.9 Å². The van der Waals surface area contributed by atoms with Crippen molar-refractivity contribution in [3.05, 3.63) is 12.2 Å². The molecule has 0 aromatic carbocycles. The lowest BCUT2D eigenvalue weighted by atomic mass is 9.83. The van der Waals surface area contributed by atoms with Gasteiger partial charge in [-0.25, -0.2) is 4.79 Å². The summed E-state index contributed by atoms with van der Waals surface area (Å²) < 4.78 is 0. The van der Waals surface area contributed by atoms with Gasteiger partial charge in [-0.15, -0.1) is 0 Å². The molecule has 0 radical (unpaired) electrons. The zero-order valence-electron chi connectivity index (χ0n) is 11.3. The number of carbonyl (C=O) groups excluding carboxylic acids is 1. The van der Waals surface area contributed by atoms with E-state index in [1.165, 1.54) is 6.42 Å². The second kappa shape index (κ2) is 5.38. The third-order valence-corrected chi connectivity index (χ3v) is 4.71. The summed E-state index contributed by atoms with van der Waals surface area (Å²) >= 11 is 0. The number of carboxylic acid groups (broad SMARTS) is 1. The van der Waals surface area contributed by atoms with E-state index in [2.05, 4.69) is 5.16 Å². The number of rotatable bonds is 3. The van der Waals surface area contributed by atoms with Crippen LogP contribution in [0, 0.1) is 23.7 Å². The van der Waals surface area contributed by atoms with E-state index in [4.69, 9.17) is 4.84 Å². The maximum absolute atomic E-state index is 12.2. The molecular weight excluding hydrogens is 258 g/mol. The monoisotopic (exact) mass is 277 g/mol. The molecule has 0 aromatic heterocycles. The molecule has 5 heteroatoms. The highest BCUT2D eigenvalue weighted by molar-refractivity contribution is 5.87. The molecule has 5 nitrogen and oxygen atoms in total. The Kier molecular flexibility index (Phi) is 3.59. The first-order valence-corrected chi connectivity index (χ1v) is 7.34. The molecule has 0 aromatic rings. The first kappa shape index (κ1) is 13.3. The normalized spacial score (nSPS) is 35.1. The van der Waals surface area contributed by atoms with Crippen LogP contribution in [0.2, 0.25) is 0 Å². The van der Waals surface area contributed by atoms with Crippen molar-refractivity contribution in [3.8, 4) is 0 Å². The van der Waals surface area contributed by atoms with Crippen molar-refractivity contribution in [2.24, 2.45) is 28.8 Å². The Balaban J connectivity index is 1.67. The third-order valence-electron chi connectivity index (χ3n) is 4.71. The fourth-order valence-electron chi connectivity index (χ4n) is 3.70. The topological polar surface area (TPSA) is 76.0 Å². The highest BCUT2D eigenvalue weighted by Gasteiger charge is 2.52. The molecule has 2 fully saturated rings. The maximum Gasteiger partial charge on any atom is 0.339 e. The van der Waals surface area contributed by atoms with Gasteiger partial charge in [-0.3, -0.25) is 4.79 Å². The van der Waals surface area contributed by atoms with Crippen molar-refractivity contribution in [1.29, 1.82) is 0 Å². The molecule has 0 amide bonds. The van der Waals surface area contributed by atoms with Crippen molar-refractivity contribution < 1.29 is 19.5 Å². The van der Waals surface area contributed by atoms with Crippen LogP contribution in [0.25, 0.3) is 0 Å². The number of allylic oxidation sites excluding steroid dienone is 2. The first-order valence-electron chi connectivity index (χ1n) is 7.34. The van der Waals surface area contributed by atoms with Crippen molar-refractivity contribution >= 4 is 17.7 Å². The van der Waals surface area contributed by atoms with E-state index in [0.29, 0.717) is 0 Å². The minimum atomic E-state index is -0.908. The number of fused-ring (bicyclic) bond motifs is 2. The standard InChI is InChI=1S/C15H19NO4/c17-14(18)12-9-6-7-10(8-9)13(12)15(19)20-16-11-4-2-1-3-5-11/h6-7,9-10,12-13H,1-5,8H2,(H,17,18)/t9-,10-,12+,13+/m0/s1. The largest absolute Gasteiger partial charge is 0.481 e. The van der Waals surface area contributed by atoms with Gasteiger partial charge in [0.1, 0.15) is 0 Å². The van der Waals surface area contributed by atoms with Crippen LogP contribution in [0.4, 0.5) is 0 Å². The van der Waals surface area contributed by atoms with E-state index in [-0.39, 0.29) is 11.8 Å². The Bertz CT molecular complexity index is 474. The van der Waals surface area contributed by atoms with Crippen LogP contribution in [0.1, 0.15) is 38.5 Å². The molecule has 2 saturated carbocycles. The predicted octanol–water partition coefficient (Wildman–Crippen LogP) is 2.37. The molecule has 0 heterocycles. The smallest absolute Gasteiger partial charge is 0.339 e. The van der Waals surface area contributed by atoms with Gasteiger partial charge >= 0.3 is 11.9 Å². The zero-order valence-corrected chi connectivity index (χ0v) is 11.3. The molecule has 0 unspecified atom stereocenters. The van der Waals surface area contributed by atoms with Gasteiger partial charge < -0.3 is 9.94 Å². The zero-order chi connectivity index (χ0) is 14.1. The molecule has 1 N–H and O–H groups in total. The molecule has 3 aliphatic carbocycles. The lowest BCUT2D eigenvalue weighted by molar-refractivity contribution is -0.158. The fraction of sp³-hybridized carbons (Fsp3) is 0.667. The molecule has 0 saturated heterocycles. The number of carboxylic acids is 1. The Morgan fingerprint density at radius 3 is 2.40 bits per heavy atom. The predicted molar refractivity (Wildman–Crippen MR) is 72.0 cm³/mol. The van der Waals surface area contributed by atoms with E-state index >= 15 is 0 Å². The highest BCUT2D eigenvalue weighted by Crippen LogP contribution is 2.48. The second-order valence-electron chi connectivity index (χ2n) is 5.97. The van der Waals surface area contributed by atoms with Gasteiger partial charge in [-0.1, -0.05) is 23.7 Å². The van der Waals surface area contributed by atoms with Crippen LogP contribution in [-0.4, -0.2) is 22.8 Å². The number of carbonyl (C=O) groups is 2.